The van der Waals surface area contributed by atoms with E-state index in [1.54, 1.807) is 0 Å². The fourth-order valence-corrected chi connectivity index (χ4v) is 10.7. The largest absolute Gasteiger partial charge is 0.366 e. The maximum Gasteiger partial charge on any atom is 0.163 e. The van der Waals surface area contributed by atoms with Gasteiger partial charge in [0.1, 0.15) is 11.6 Å². The molecule has 5 heterocycles. The first-order valence-corrected chi connectivity index (χ1v) is 19.6. The van der Waals surface area contributed by atoms with Crippen molar-refractivity contribution >= 4 is 49.3 Å². The molecule has 0 amide bonds. The highest BCUT2D eigenvalue weighted by molar-refractivity contribution is 6.11. The molecule has 0 N–H and O–H groups in total. The quantitative estimate of drug-likeness (QED) is 0.180. The lowest BCUT2D eigenvalue weighted by Gasteiger charge is -2.57. The van der Waals surface area contributed by atoms with Gasteiger partial charge in [0.15, 0.2) is 5.82 Å². The van der Waals surface area contributed by atoms with Crippen molar-refractivity contribution in [2.75, 3.05) is 4.90 Å². The third-order valence-electron chi connectivity index (χ3n) is 12.8. The van der Waals surface area contributed by atoms with E-state index >= 15 is 0 Å². The zero-order valence-corrected chi connectivity index (χ0v) is 30.0. The lowest BCUT2D eigenvalue weighted by molar-refractivity contribution is 0.0900. The molecule has 5 nitrogen and oxygen atoms in total. The zero-order valence-electron chi connectivity index (χ0n) is 30.0. The van der Waals surface area contributed by atoms with E-state index in [2.05, 4.69) is 166 Å². The van der Waals surface area contributed by atoms with Gasteiger partial charge in [-0.3, -0.25) is 9.13 Å². The monoisotopic (exact) mass is 697 g/mol. The number of piperidine rings is 2. The van der Waals surface area contributed by atoms with E-state index in [1.165, 1.54) is 70.5 Å². The van der Waals surface area contributed by atoms with Crippen molar-refractivity contribution in [1.82, 2.24) is 19.1 Å². The second-order valence-electron chi connectivity index (χ2n) is 15.9. The second kappa shape index (κ2) is 11.6. The summed E-state index contributed by atoms with van der Waals surface area (Å²) in [4.78, 5) is 13.7. The Kier molecular flexibility index (Phi) is 6.53. The van der Waals surface area contributed by atoms with Crippen molar-refractivity contribution in [1.29, 1.82) is 0 Å². The highest BCUT2D eigenvalue weighted by atomic mass is 15.2. The summed E-state index contributed by atoms with van der Waals surface area (Å²) < 4.78 is 4.67. The number of hydrogen-bond acceptors (Lipinski definition) is 3. The molecule has 13 rings (SSSR count). The Morgan fingerprint density at radius 1 is 0.389 bits per heavy atom. The van der Waals surface area contributed by atoms with E-state index in [0.717, 1.165) is 56.9 Å². The maximum atomic E-state index is 5.49. The van der Waals surface area contributed by atoms with Gasteiger partial charge in [0.05, 0.1) is 22.1 Å². The van der Waals surface area contributed by atoms with Gasteiger partial charge in [-0.25, -0.2) is 9.97 Å². The Bertz CT molecular complexity index is 2840. The van der Waals surface area contributed by atoms with Crippen LogP contribution >= 0.6 is 0 Å². The van der Waals surface area contributed by atoms with Crippen LogP contribution in [0.2, 0.25) is 0 Å². The smallest absolute Gasteiger partial charge is 0.163 e. The van der Waals surface area contributed by atoms with Crippen LogP contribution in [-0.4, -0.2) is 31.2 Å². The Morgan fingerprint density at radius 2 is 0.907 bits per heavy atom. The first-order chi connectivity index (χ1) is 26.7. The van der Waals surface area contributed by atoms with Gasteiger partial charge in [-0.15, -0.1) is 0 Å². The molecule has 2 aliphatic heterocycles. The molecule has 9 aromatic rings. The molecule has 5 heteroatoms. The minimum absolute atomic E-state index is 0.648. The van der Waals surface area contributed by atoms with Crippen molar-refractivity contribution in [3.8, 4) is 34.2 Å². The average molecular weight is 698 g/mol. The number of fused-ring (bicyclic) bond motifs is 6. The number of nitrogens with zero attached hydrogens (tertiary/aromatic N) is 5. The van der Waals surface area contributed by atoms with Crippen molar-refractivity contribution in [2.24, 2.45) is 11.8 Å². The standard InChI is InChI=1S/C49H39N5/c1-2-11-33(12-3-1)34-21-22-46-42(29-34)41-17-6-9-20-45(41)54(46)48-30-47(53-43-18-7-4-15-39(43)40-16-5-8-19-44(40)53)50-49(51-48)35-13-10-14-36(28-35)52-37-24-31-23-32(26-37)27-38(52)25-31/h1-22,28-32,37-38H,23-27H2. The summed E-state index contributed by atoms with van der Waals surface area (Å²) in [5.74, 6) is 4.28. The molecule has 0 atom stereocenters. The van der Waals surface area contributed by atoms with Crippen LogP contribution in [0.4, 0.5) is 5.69 Å². The highest BCUT2D eigenvalue weighted by Gasteiger charge is 2.46. The predicted molar refractivity (Wildman–Crippen MR) is 222 cm³/mol. The SMILES string of the molecule is c1ccc(-c2ccc3c(c2)c2ccccc2n3-c2cc(-n3c4ccccc4c4ccccc43)nc(-c3cccc(N4C5CC6CC(C5)CC4C6)c3)n2)cc1. The van der Waals surface area contributed by atoms with Gasteiger partial charge >= 0.3 is 0 Å². The predicted octanol–water partition coefficient (Wildman–Crippen LogP) is 11.8. The fraction of sp³-hybridized carbons (Fsp3) is 0.184. The van der Waals surface area contributed by atoms with Gasteiger partial charge in [-0.2, -0.15) is 0 Å². The van der Waals surface area contributed by atoms with Crippen LogP contribution in [0.25, 0.3) is 77.8 Å². The molecule has 260 valence electrons. The molecule has 2 saturated carbocycles. The van der Waals surface area contributed by atoms with Crippen molar-refractivity contribution in [3.05, 3.63) is 152 Å². The van der Waals surface area contributed by atoms with Crippen LogP contribution in [0, 0.1) is 11.8 Å². The van der Waals surface area contributed by atoms with Crippen LogP contribution in [0.5, 0.6) is 0 Å². The van der Waals surface area contributed by atoms with E-state index in [1.807, 2.05) is 0 Å². The van der Waals surface area contributed by atoms with Crippen molar-refractivity contribution in [2.45, 2.75) is 44.2 Å². The van der Waals surface area contributed by atoms with Gasteiger partial charge < -0.3 is 4.90 Å². The van der Waals surface area contributed by atoms with E-state index in [0.29, 0.717) is 12.1 Å². The summed E-state index contributed by atoms with van der Waals surface area (Å²) in [7, 11) is 0. The minimum Gasteiger partial charge on any atom is -0.366 e. The minimum atomic E-state index is 0.648. The van der Waals surface area contributed by atoms with Gasteiger partial charge in [0, 0.05) is 50.9 Å². The molecule has 4 aliphatic rings. The average Bonchev–Trinajstić information content (AvgIpc) is 3.73. The van der Waals surface area contributed by atoms with E-state index in [4.69, 9.17) is 9.97 Å². The molecule has 3 aromatic heterocycles. The third-order valence-corrected chi connectivity index (χ3v) is 12.8. The van der Waals surface area contributed by atoms with Crippen LogP contribution in [-0.2, 0) is 0 Å². The first kappa shape index (κ1) is 30.3. The van der Waals surface area contributed by atoms with Gasteiger partial charge in [0.2, 0.25) is 0 Å². The molecule has 4 bridgehead atoms. The first-order valence-electron chi connectivity index (χ1n) is 19.6. The van der Waals surface area contributed by atoms with Gasteiger partial charge in [-0.1, -0.05) is 103 Å². The van der Waals surface area contributed by atoms with E-state index < -0.39 is 0 Å². The molecular weight excluding hydrogens is 659 g/mol. The van der Waals surface area contributed by atoms with Crippen LogP contribution in [0.3, 0.4) is 0 Å². The number of hydrogen-bond donors (Lipinski definition) is 0. The maximum absolute atomic E-state index is 5.49. The molecule has 0 unspecified atom stereocenters. The fourth-order valence-electron chi connectivity index (χ4n) is 10.7. The summed E-state index contributed by atoms with van der Waals surface area (Å²) in [5, 5.41) is 4.86. The number of aromatic nitrogens is 4. The van der Waals surface area contributed by atoms with Gasteiger partial charge in [-0.05, 0) is 97.5 Å². The van der Waals surface area contributed by atoms with Gasteiger partial charge in [0.25, 0.3) is 0 Å². The normalized spacial score (nSPS) is 20.6. The molecule has 2 aliphatic carbocycles. The Labute approximate surface area is 314 Å². The summed E-state index contributed by atoms with van der Waals surface area (Å²) in [6.45, 7) is 0. The third kappa shape index (κ3) is 4.57. The summed E-state index contributed by atoms with van der Waals surface area (Å²) >= 11 is 0. The lowest BCUT2D eigenvalue weighted by atomic mass is 9.63. The van der Waals surface area contributed by atoms with E-state index in [9.17, 15) is 0 Å². The summed E-state index contributed by atoms with van der Waals surface area (Å²) in [6, 6.07) is 56.2. The van der Waals surface area contributed by atoms with Crippen molar-refractivity contribution in [3.63, 3.8) is 0 Å². The molecule has 0 spiro atoms. The van der Waals surface area contributed by atoms with Crippen LogP contribution in [0.15, 0.2) is 152 Å². The Balaban J connectivity index is 1.10. The van der Waals surface area contributed by atoms with Crippen LogP contribution < -0.4 is 4.90 Å². The van der Waals surface area contributed by atoms with Crippen LogP contribution in [0.1, 0.15) is 32.1 Å². The highest BCUT2D eigenvalue weighted by Crippen LogP contribution is 2.51. The van der Waals surface area contributed by atoms with E-state index in [-0.39, 0.29) is 0 Å². The molecular formula is C49H39N5. The molecule has 4 fully saturated rings. The lowest BCUT2D eigenvalue weighted by Crippen LogP contribution is -2.58. The number of para-hydroxylation sites is 3. The zero-order chi connectivity index (χ0) is 35.3. The number of anilines is 1. The Hall–Kier alpha value is -6.20. The number of rotatable bonds is 5. The molecule has 0 radical (unpaired) electrons. The summed E-state index contributed by atoms with van der Waals surface area (Å²) in [6.07, 6.45) is 6.78. The second-order valence-corrected chi connectivity index (χ2v) is 15.9. The molecule has 6 aromatic carbocycles. The topological polar surface area (TPSA) is 38.9 Å². The molecule has 54 heavy (non-hydrogen) atoms. The van der Waals surface area contributed by atoms with Crippen molar-refractivity contribution < 1.29 is 0 Å². The Morgan fingerprint density at radius 3 is 1.52 bits per heavy atom. The molecule has 2 saturated heterocycles. The summed E-state index contributed by atoms with van der Waals surface area (Å²) in [5.41, 5.74) is 9.32. The number of benzene rings is 6.